The Hall–Kier alpha value is -2.04. The van der Waals surface area contributed by atoms with Gasteiger partial charge in [0.25, 0.3) is 0 Å². The quantitative estimate of drug-likeness (QED) is 0.757. The summed E-state index contributed by atoms with van der Waals surface area (Å²) in [5, 5.41) is 16.8. The molecular formula is C11H12N4O. The molecule has 0 fully saturated rings. The molecule has 0 unspecified atom stereocenters. The van der Waals surface area contributed by atoms with Crippen LogP contribution in [0.3, 0.4) is 0 Å². The summed E-state index contributed by atoms with van der Waals surface area (Å²) in [6, 6.07) is 6.92. The van der Waals surface area contributed by atoms with Crippen LogP contribution in [0.1, 0.15) is 6.42 Å². The second-order valence-electron chi connectivity index (χ2n) is 3.81. The number of nitrogens with zero attached hydrogens (tertiary/aromatic N) is 3. The van der Waals surface area contributed by atoms with E-state index in [1.54, 1.807) is 12.1 Å². The van der Waals surface area contributed by atoms with Gasteiger partial charge in [0.05, 0.1) is 0 Å². The highest BCUT2D eigenvalue weighted by Crippen LogP contribution is 2.21. The predicted octanol–water partition coefficient (Wildman–Crippen LogP) is 1.47. The average Bonchev–Trinajstić information content (AvgIpc) is 2.73. The van der Waals surface area contributed by atoms with E-state index in [2.05, 4.69) is 15.4 Å². The van der Waals surface area contributed by atoms with Crippen LogP contribution in [0.25, 0.3) is 11.4 Å². The molecule has 0 radical (unpaired) electrons. The van der Waals surface area contributed by atoms with E-state index >= 15 is 0 Å². The number of benzene rings is 1. The number of fused-ring (bicyclic) bond motifs is 1. The Labute approximate surface area is 92.7 Å². The molecule has 5 nitrogen and oxygen atoms in total. The highest BCUT2D eigenvalue weighted by molar-refractivity contribution is 5.57. The number of nitrogens with one attached hydrogen (secondary N) is 1. The SMILES string of the molecule is Oc1ccc(-c2nc3n(n2)CCCN3)cc1. The maximum absolute atomic E-state index is 9.21. The molecule has 3 rings (SSSR count). The summed E-state index contributed by atoms with van der Waals surface area (Å²) in [4.78, 5) is 4.41. The van der Waals surface area contributed by atoms with Gasteiger partial charge in [-0.25, -0.2) is 4.68 Å². The number of aryl methyl sites for hydroxylation is 1. The summed E-state index contributed by atoms with van der Waals surface area (Å²) >= 11 is 0. The van der Waals surface area contributed by atoms with Gasteiger partial charge in [0, 0.05) is 18.7 Å². The number of anilines is 1. The Balaban J connectivity index is 2.00. The first-order valence-electron chi connectivity index (χ1n) is 5.31. The first kappa shape index (κ1) is 9.21. The van der Waals surface area contributed by atoms with Crippen molar-refractivity contribution in [2.75, 3.05) is 11.9 Å². The molecule has 2 N–H and O–H groups in total. The first-order valence-corrected chi connectivity index (χ1v) is 5.31. The molecule has 1 aromatic heterocycles. The van der Waals surface area contributed by atoms with Crippen LogP contribution in [0.4, 0.5) is 5.95 Å². The Kier molecular flexibility index (Phi) is 2.02. The van der Waals surface area contributed by atoms with Gasteiger partial charge in [-0.1, -0.05) is 0 Å². The summed E-state index contributed by atoms with van der Waals surface area (Å²) in [5.74, 6) is 1.78. The minimum absolute atomic E-state index is 0.255. The molecule has 0 saturated carbocycles. The molecule has 1 aliphatic heterocycles. The van der Waals surface area contributed by atoms with Crippen molar-refractivity contribution < 1.29 is 5.11 Å². The van der Waals surface area contributed by atoms with E-state index in [1.165, 1.54) is 0 Å². The minimum atomic E-state index is 0.255. The van der Waals surface area contributed by atoms with Gasteiger partial charge < -0.3 is 10.4 Å². The van der Waals surface area contributed by atoms with Crippen LogP contribution in [0.5, 0.6) is 5.75 Å². The Morgan fingerprint density at radius 3 is 2.81 bits per heavy atom. The third-order valence-corrected chi connectivity index (χ3v) is 2.63. The highest BCUT2D eigenvalue weighted by atomic mass is 16.3. The number of hydrogen-bond acceptors (Lipinski definition) is 4. The molecule has 0 amide bonds. The lowest BCUT2D eigenvalue weighted by molar-refractivity contribution is 0.475. The Morgan fingerprint density at radius 2 is 2.06 bits per heavy atom. The zero-order valence-corrected chi connectivity index (χ0v) is 8.72. The van der Waals surface area contributed by atoms with Crippen LogP contribution in [0.15, 0.2) is 24.3 Å². The highest BCUT2D eigenvalue weighted by Gasteiger charge is 2.13. The molecule has 0 bridgehead atoms. The molecular weight excluding hydrogens is 204 g/mol. The summed E-state index contributed by atoms with van der Waals surface area (Å²) in [5.41, 5.74) is 0.918. The summed E-state index contributed by atoms with van der Waals surface area (Å²) < 4.78 is 1.88. The molecule has 16 heavy (non-hydrogen) atoms. The maximum atomic E-state index is 9.21. The van der Waals surface area contributed by atoms with Gasteiger partial charge in [-0.05, 0) is 30.7 Å². The van der Waals surface area contributed by atoms with E-state index < -0.39 is 0 Å². The van der Waals surface area contributed by atoms with E-state index in [0.29, 0.717) is 5.82 Å². The molecule has 1 aliphatic rings. The van der Waals surface area contributed by atoms with Crippen LogP contribution < -0.4 is 5.32 Å². The number of aromatic nitrogens is 3. The normalized spacial score (nSPS) is 14.2. The van der Waals surface area contributed by atoms with E-state index in [1.807, 2.05) is 16.8 Å². The lowest BCUT2D eigenvalue weighted by Gasteiger charge is -2.12. The lowest BCUT2D eigenvalue weighted by atomic mass is 10.2. The molecule has 0 atom stereocenters. The van der Waals surface area contributed by atoms with Gasteiger partial charge in [0.15, 0.2) is 5.82 Å². The van der Waals surface area contributed by atoms with Crippen LogP contribution in [0.2, 0.25) is 0 Å². The largest absolute Gasteiger partial charge is 0.508 e. The number of phenolic OH excluding ortho intramolecular Hbond substituents is 1. The van der Waals surface area contributed by atoms with Crippen LogP contribution in [-0.4, -0.2) is 26.4 Å². The standard InChI is InChI=1S/C11H12N4O/c16-9-4-2-8(3-5-9)10-13-11-12-6-1-7-15(11)14-10/h2-5,16H,1,6-7H2,(H,12,13,14). The third kappa shape index (κ3) is 1.50. The average molecular weight is 216 g/mol. The van der Waals surface area contributed by atoms with Crippen molar-refractivity contribution in [1.29, 1.82) is 0 Å². The fourth-order valence-corrected chi connectivity index (χ4v) is 1.79. The van der Waals surface area contributed by atoms with Gasteiger partial charge in [0.1, 0.15) is 5.75 Å². The minimum Gasteiger partial charge on any atom is -0.508 e. The molecule has 0 aliphatic carbocycles. The van der Waals surface area contributed by atoms with Crippen LogP contribution in [-0.2, 0) is 6.54 Å². The second kappa shape index (κ2) is 3.52. The van der Waals surface area contributed by atoms with Crippen molar-refractivity contribution in [3.8, 4) is 17.1 Å². The Morgan fingerprint density at radius 1 is 1.25 bits per heavy atom. The van der Waals surface area contributed by atoms with Crippen molar-refractivity contribution >= 4 is 5.95 Å². The maximum Gasteiger partial charge on any atom is 0.221 e. The number of rotatable bonds is 1. The molecule has 82 valence electrons. The summed E-state index contributed by atoms with van der Waals surface area (Å²) in [7, 11) is 0. The van der Waals surface area contributed by atoms with Crippen molar-refractivity contribution in [2.24, 2.45) is 0 Å². The molecule has 0 saturated heterocycles. The van der Waals surface area contributed by atoms with Gasteiger partial charge in [-0.15, -0.1) is 5.10 Å². The van der Waals surface area contributed by atoms with Gasteiger partial charge in [-0.2, -0.15) is 4.98 Å². The van der Waals surface area contributed by atoms with Crippen molar-refractivity contribution in [3.63, 3.8) is 0 Å². The van der Waals surface area contributed by atoms with Gasteiger partial charge >= 0.3 is 0 Å². The summed E-state index contributed by atoms with van der Waals surface area (Å²) in [6.45, 7) is 1.86. The van der Waals surface area contributed by atoms with E-state index in [4.69, 9.17) is 0 Å². The van der Waals surface area contributed by atoms with Crippen molar-refractivity contribution in [2.45, 2.75) is 13.0 Å². The van der Waals surface area contributed by atoms with E-state index in [0.717, 1.165) is 31.0 Å². The zero-order chi connectivity index (χ0) is 11.0. The zero-order valence-electron chi connectivity index (χ0n) is 8.72. The predicted molar refractivity (Wildman–Crippen MR) is 60.2 cm³/mol. The fourth-order valence-electron chi connectivity index (χ4n) is 1.79. The fraction of sp³-hybridized carbons (Fsp3) is 0.273. The molecule has 2 aromatic rings. The topological polar surface area (TPSA) is 63.0 Å². The van der Waals surface area contributed by atoms with Crippen molar-refractivity contribution in [1.82, 2.24) is 14.8 Å². The number of aromatic hydroxyl groups is 1. The van der Waals surface area contributed by atoms with Crippen molar-refractivity contribution in [3.05, 3.63) is 24.3 Å². The first-order chi connectivity index (χ1) is 7.83. The van der Waals surface area contributed by atoms with E-state index in [-0.39, 0.29) is 5.75 Å². The monoisotopic (exact) mass is 216 g/mol. The van der Waals surface area contributed by atoms with Gasteiger partial charge in [0.2, 0.25) is 5.95 Å². The number of phenols is 1. The molecule has 0 spiro atoms. The molecule has 2 heterocycles. The van der Waals surface area contributed by atoms with Crippen LogP contribution >= 0.6 is 0 Å². The van der Waals surface area contributed by atoms with Crippen LogP contribution in [0, 0.1) is 0 Å². The molecule has 5 heteroatoms. The second-order valence-corrected chi connectivity index (χ2v) is 3.81. The smallest absolute Gasteiger partial charge is 0.221 e. The van der Waals surface area contributed by atoms with Gasteiger partial charge in [-0.3, -0.25) is 0 Å². The number of hydrogen-bond donors (Lipinski definition) is 2. The van der Waals surface area contributed by atoms with E-state index in [9.17, 15) is 5.11 Å². The third-order valence-electron chi connectivity index (χ3n) is 2.63. The Bertz CT molecular complexity index is 480. The molecule has 1 aromatic carbocycles. The lowest BCUT2D eigenvalue weighted by Crippen LogP contribution is -2.17. The summed E-state index contributed by atoms with van der Waals surface area (Å²) in [6.07, 6.45) is 1.07.